The fourth-order valence-electron chi connectivity index (χ4n) is 9.20. The number of hydrogen-bond donors (Lipinski definition) is 0. The molecule has 0 aromatic heterocycles. The average molecular weight is 1110 g/mol. The Morgan fingerprint density at radius 1 is 0.263 bits per heavy atom. The number of carbonyl (C=O) groups excluding carboxylic acids is 3. The minimum absolute atomic E-state index is 0.0923. The lowest BCUT2D eigenvalue weighted by Gasteiger charge is -2.18. The van der Waals surface area contributed by atoms with E-state index in [0.29, 0.717) is 19.3 Å². The molecule has 0 aliphatic carbocycles. The van der Waals surface area contributed by atoms with Crippen molar-refractivity contribution in [3.63, 3.8) is 0 Å². The maximum Gasteiger partial charge on any atom is 0.306 e. The molecule has 80 heavy (non-hydrogen) atoms. The van der Waals surface area contributed by atoms with Gasteiger partial charge in [0.2, 0.25) is 0 Å². The summed E-state index contributed by atoms with van der Waals surface area (Å²) in [6, 6.07) is 0. The predicted octanol–water partition coefficient (Wildman–Crippen LogP) is 23.2. The van der Waals surface area contributed by atoms with Crippen LogP contribution in [0.2, 0.25) is 0 Å². The van der Waals surface area contributed by atoms with E-state index in [-0.39, 0.29) is 31.1 Å². The van der Waals surface area contributed by atoms with Gasteiger partial charge in [0.1, 0.15) is 13.2 Å². The van der Waals surface area contributed by atoms with Crippen LogP contribution >= 0.6 is 0 Å². The Morgan fingerprint density at radius 3 is 0.812 bits per heavy atom. The van der Waals surface area contributed by atoms with Crippen molar-refractivity contribution in [1.82, 2.24) is 0 Å². The van der Waals surface area contributed by atoms with Crippen molar-refractivity contribution in [3.05, 3.63) is 122 Å². The molecule has 0 saturated heterocycles. The lowest BCUT2D eigenvalue weighted by Crippen LogP contribution is -2.30. The molecule has 0 saturated carbocycles. The lowest BCUT2D eigenvalue weighted by molar-refractivity contribution is -0.167. The van der Waals surface area contributed by atoms with Crippen LogP contribution in [0.4, 0.5) is 0 Å². The molecule has 0 bridgehead atoms. The zero-order valence-corrected chi connectivity index (χ0v) is 52.3. The van der Waals surface area contributed by atoms with Gasteiger partial charge < -0.3 is 14.2 Å². The summed E-state index contributed by atoms with van der Waals surface area (Å²) in [5.74, 6) is -0.926. The van der Waals surface area contributed by atoms with E-state index in [2.05, 4.69) is 142 Å². The number of hydrogen-bond acceptors (Lipinski definition) is 6. The first-order valence-corrected chi connectivity index (χ1v) is 33.5. The van der Waals surface area contributed by atoms with Gasteiger partial charge in [-0.3, -0.25) is 14.4 Å². The summed E-state index contributed by atoms with van der Waals surface area (Å²) >= 11 is 0. The van der Waals surface area contributed by atoms with Crippen LogP contribution in [0.5, 0.6) is 0 Å². The van der Waals surface area contributed by atoms with Gasteiger partial charge in [-0.25, -0.2) is 0 Å². The normalized spacial score (nSPS) is 12.9. The molecular weight excluding hydrogens is 985 g/mol. The highest BCUT2D eigenvalue weighted by Crippen LogP contribution is 2.16. The van der Waals surface area contributed by atoms with Crippen LogP contribution in [0.3, 0.4) is 0 Å². The van der Waals surface area contributed by atoms with Crippen LogP contribution in [0.25, 0.3) is 0 Å². The number of esters is 3. The largest absolute Gasteiger partial charge is 0.462 e. The van der Waals surface area contributed by atoms with Crippen molar-refractivity contribution in [1.29, 1.82) is 0 Å². The van der Waals surface area contributed by atoms with Gasteiger partial charge in [-0.2, -0.15) is 0 Å². The predicted molar refractivity (Wildman–Crippen MR) is 348 cm³/mol. The highest BCUT2D eigenvalue weighted by molar-refractivity contribution is 5.71. The van der Waals surface area contributed by atoms with E-state index in [1.54, 1.807) is 0 Å². The highest BCUT2D eigenvalue weighted by atomic mass is 16.6. The van der Waals surface area contributed by atoms with Crippen LogP contribution in [0.1, 0.15) is 310 Å². The molecule has 0 radical (unpaired) electrons. The second kappa shape index (κ2) is 67.3. The van der Waals surface area contributed by atoms with Gasteiger partial charge >= 0.3 is 17.9 Å². The monoisotopic (exact) mass is 1110 g/mol. The minimum atomic E-state index is -0.797. The third kappa shape index (κ3) is 64.6. The van der Waals surface area contributed by atoms with E-state index < -0.39 is 6.10 Å². The number of unbranched alkanes of at least 4 members (excludes halogenated alkanes) is 29. The molecule has 6 heteroatoms. The first-order valence-electron chi connectivity index (χ1n) is 33.5. The Labute approximate surface area is 494 Å². The Hall–Kier alpha value is -4.19. The third-order valence-electron chi connectivity index (χ3n) is 14.2. The quantitative estimate of drug-likeness (QED) is 0.0261. The Bertz CT molecular complexity index is 1650. The zero-order valence-electron chi connectivity index (χ0n) is 52.3. The van der Waals surface area contributed by atoms with Crippen LogP contribution < -0.4 is 0 Å². The van der Waals surface area contributed by atoms with Gasteiger partial charge in [0.15, 0.2) is 6.10 Å². The van der Waals surface area contributed by atoms with Crippen LogP contribution in [-0.2, 0) is 28.6 Å². The van der Waals surface area contributed by atoms with Gasteiger partial charge in [0.05, 0.1) is 0 Å². The maximum absolute atomic E-state index is 12.9. The molecule has 0 aliphatic rings. The van der Waals surface area contributed by atoms with E-state index >= 15 is 0 Å². The van der Waals surface area contributed by atoms with Crippen molar-refractivity contribution in [2.45, 2.75) is 316 Å². The minimum Gasteiger partial charge on any atom is -0.462 e. The molecule has 1 atom stereocenters. The summed E-state index contributed by atoms with van der Waals surface area (Å²) < 4.78 is 16.9. The molecule has 456 valence electrons. The lowest BCUT2D eigenvalue weighted by atomic mass is 10.0. The summed E-state index contributed by atoms with van der Waals surface area (Å²) in [6.07, 6.45) is 93.6. The SMILES string of the molecule is CC/C=C\C/C=C\C/C=C\C/C=C\C/C=C\C/C=C\C/C=C\C/C=C\C/C=C\CCCCCC(=O)OCC(COC(=O)CCCCCCC/C=C\CCCCC)OC(=O)CCCCCCCCCCCCCCCCCCCCC. The van der Waals surface area contributed by atoms with Gasteiger partial charge in [-0.1, -0.05) is 296 Å². The average Bonchev–Trinajstić information content (AvgIpc) is 3.46. The second-order valence-electron chi connectivity index (χ2n) is 22.0. The van der Waals surface area contributed by atoms with Crippen LogP contribution in [0, 0.1) is 0 Å². The van der Waals surface area contributed by atoms with Crippen LogP contribution in [-0.4, -0.2) is 37.2 Å². The molecule has 0 spiro atoms. The Morgan fingerprint density at radius 2 is 0.487 bits per heavy atom. The Kier molecular flexibility index (Phi) is 63.8. The van der Waals surface area contributed by atoms with E-state index in [4.69, 9.17) is 14.2 Å². The summed E-state index contributed by atoms with van der Waals surface area (Å²) in [5.41, 5.74) is 0. The molecule has 0 aromatic rings. The van der Waals surface area contributed by atoms with E-state index in [0.717, 1.165) is 128 Å². The number of ether oxygens (including phenoxy) is 3. The molecule has 0 aromatic carbocycles. The summed E-state index contributed by atoms with van der Waals surface area (Å²) in [5, 5.41) is 0. The molecule has 0 N–H and O–H groups in total. The van der Waals surface area contributed by atoms with Crippen molar-refractivity contribution >= 4 is 17.9 Å². The maximum atomic E-state index is 12.9. The topological polar surface area (TPSA) is 78.9 Å². The van der Waals surface area contributed by atoms with E-state index in [9.17, 15) is 14.4 Å². The molecule has 0 rings (SSSR count). The summed E-state index contributed by atoms with van der Waals surface area (Å²) in [6.45, 7) is 6.49. The fraction of sp³-hybridized carbons (Fsp3) is 0.689. The molecular formula is C74H124O6. The van der Waals surface area contributed by atoms with Crippen molar-refractivity contribution < 1.29 is 28.6 Å². The second-order valence-corrected chi connectivity index (χ2v) is 22.0. The molecule has 0 fully saturated rings. The standard InChI is InChI=1S/C74H124O6/c1-4-7-10-13-16-19-22-25-27-29-31-32-33-34-35-36-37-38-39-40-41-42-44-45-47-49-52-55-58-61-64-67-73(76)79-70-71(69-78-72(75)66-63-60-57-54-51-24-21-18-15-12-9-6-3)80-74(77)68-65-62-59-56-53-50-48-46-43-30-28-26-23-20-17-14-11-8-5-2/h7,10,16,18-19,21,25,27,31-32,34-35,37-38,40-41,44-45,49,52,71H,4-6,8-9,11-15,17,20,22-24,26,28-30,33,36,39,42-43,46-48,50-51,53-70H2,1-3H3/b10-7-,19-16-,21-18-,27-25-,32-31-,35-34-,38-37-,41-40-,45-44-,52-49-. The van der Waals surface area contributed by atoms with Crippen molar-refractivity contribution in [2.75, 3.05) is 13.2 Å². The first-order chi connectivity index (χ1) is 39.5. The highest BCUT2D eigenvalue weighted by Gasteiger charge is 2.19. The fourth-order valence-corrected chi connectivity index (χ4v) is 9.20. The van der Waals surface area contributed by atoms with Gasteiger partial charge in [-0.15, -0.1) is 0 Å². The van der Waals surface area contributed by atoms with Gasteiger partial charge in [0, 0.05) is 19.3 Å². The third-order valence-corrected chi connectivity index (χ3v) is 14.2. The molecule has 0 heterocycles. The zero-order chi connectivity index (χ0) is 57.8. The number of allylic oxidation sites excluding steroid dienone is 20. The number of rotatable bonds is 60. The van der Waals surface area contributed by atoms with Gasteiger partial charge in [-0.05, 0) is 116 Å². The number of carbonyl (C=O) groups is 3. The van der Waals surface area contributed by atoms with E-state index in [1.807, 2.05) is 0 Å². The molecule has 1 unspecified atom stereocenters. The van der Waals surface area contributed by atoms with Crippen LogP contribution in [0.15, 0.2) is 122 Å². The molecule has 6 nitrogen and oxygen atoms in total. The van der Waals surface area contributed by atoms with Crippen molar-refractivity contribution in [3.8, 4) is 0 Å². The van der Waals surface area contributed by atoms with Gasteiger partial charge in [0.25, 0.3) is 0 Å². The van der Waals surface area contributed by atoms with E-state index in [1.165, 1.54) is 141 Å². The smallest absolute Gasteiger partial charge is 0.306 e. The summed E-state index contributed by atoms with van der Waals surface area (Å²) in [7, 11) is 0. The first kappa shape index (κ1) is 75.8. The van der Waals surface area contributed by atoms with Crippen molar-refractivity contribution in [2.24, 2.45) is 0 Å². The summed E-state index contributed by atoms with van der Waals surface area (Å²) in [4.78, 5) is 38.3. The molecule has 0 amide bonds. The Balaban J connectivity index is 4.36. The molecule has 0 aliphatic heterocycles.